The van der Waals surface area contributed by atoms with Crippen LogP contribution in [-0.4, -0.2) is 22.5 Å². The highest BCUT2D eigenvalue weighted by molar-refractivity contribution is 7.20. The van der Waals surface area contributed by atoms with E-state index in [0.717, 1.165) is 17.4 Å². The van der Waals surface area contributed by atoms with E-state index in [1.165, 1.54) is 24.5 Å². The minimum Gasteiger partial charge on any atom is -0.477 e. The smallest absolute Gasteiger partial charge is 0.418 e. The minimum atomic E-state index is -4.56. The van der Waals surface area contributed by atoms with Gasteiger partial charge in [0.2, 0.25) is 5.88 Å². The van der Waals surface area contributed by atoms with E-state index in [4.69, 9.17) is 4.74 Å². The van der Waals surface area contributed by atoms with E-state index in [9.17, 15) is 18.0 Å². The zero-order valence-corrected chi connectivity index (χ0v) is 14.7. The Morgan fingerprint density at radius 2 is 2.00 bits per heavy atom. The van der Waals surface area contributed by atoms with E-state index in [-0.39, 0.29) is 10.6 Å². The Hall–Kier alpha value is -2.68. The molecule has 0 radical (unpaired) electrons. The van der Waals surface area contributed by atoms with Crippen LogP contribution < -0.4 is 10.1 Å². The van der Waals surface area contributed by atoms with E-state index in [0.29, 0.717) is 28.3 Å². The number of alkyl halides is 3. The molecular weight excluding hydrogens is 367 g/mol. The Morgan fingerprint density at radius 3 is 2.69 bits per heavy atom. The Balaban J connectivity index is 2.00. The first kappa shape index (κ1) is 18.1. The Labute approximate surface area is 150 Å². The number of nitrogens with one attached hydrogen (secondary N) is 1. The molecule has 0 aliphatic heterocycles. The molecule has 3 rings (SSSR count). The molecule has 26 heavy (non-hydrogen) atoms. The van der Waals surface area contributed by atoms with Gasteiger partial charge in [0.1, 0.15) is 11.2 Å². The van der Waals surface area contributed by atoms with Crippen LogP contribution in [0.4, 0.5) is 18.9 Å². The maximum atomic E-state index is 13.1. The summed E-state index contributed by atoms with van der Waals surface area (Å²) in [5, 5.41) is 2.94. The van der Waals surface area contributed by atoms with Crippen LogP contribution in [0.2, 0.25) is 0 Å². The minimum absolute atomic E-state index is 0.262. The fourth-order valence-corrected chi connectivity index (χ4v) is 3.55. The van der Waals surface area contributed by atoms with Gasteiger partial charge in [-0.15, -0.1) is 11.3 Å². The molecule has 136 valence electrons. The molecule has 1 aromatic carbocycles. The molecule has 0 fully saturated rings. The fourth-order valence-electron chi connectivity index (χ4n) is 2.52. The Bertz CT molecular complexity index is 970. The third-order valence-corrected chi connectivity index (χ3v) is 4.86. The SMILES string of the molecule is CCOc1ncnc2sc(C(=O)Nc3ccccc3C(F)(F)F)c(C)c12. The normalized spacial score (nSPS) is 11.6. The number of benzene rings is 1. The van der Waals surface area contributed by atoms with Crippen LogP contribution in [-0.2, 0) is 6.18 Å². The first-order chi connectivity index (χ1) is 12.3. The van der Waals surface area contributed by atoms with Crippen molar-refractivity contribution >= 4 is 33.1 Å². The quantitative estimate of drug-likeness (QED) is 0.713. The third kappa shape index (κ3) is 3.34. The lowest BCUT2D eigenvalue weighted by molar-refractivity contribution is -0.136. The summed E-state index contributed by atoms with van der Waals surface area (Å²) in [4.78, 5) is 21.6. The number of para-hydroxylation sites is 1. The molecule has 1 N–H and O–H groups in total. The predicted octanol–water partition coefficient (Wildman–Crippen LogP) is 4.67. The van der Waals surface area contributed by atoms with Crippen molar-refractivity contribution in [2.45, 2.75) is 20.0 Å². The van der Waals surface area contributed by atoms with E-state index in [2.05, 4.69) is 15.3 Å². The van der Waals surface area contributed by atoms with Gasteiger partial charge < -0.3 is 10.1 Å². The van der Waals surface area contributed by atoms with Crippen LogP contribution in [0.3, 0.4) is 0 Å². The van der Waals surface area contributed by atoms with E-state index < -0.39 is 17.6 Å². The topological polar surface area (TPSA) is 64.1 Å². The average Bonchev–Trinajstić information content (AvgIpc) is 2.93. The number of hydrogen-bond acceptors (Lipinski definition) is 5. The van der Waals surface area contributed by atoms with Crippen LogP contribution in [0.15, 0.2) is 30.6 Å². The second-order valence-electron chi connectivity index (χ2n) is 5.35. The largest absolute Gasteiger partial charge is 0.477 e. The zero-order valence-electron chi connectivity index (χ0n) is 13.8. The molecule has 2 aromatic heterocycles. The monoisotopic (exact) mass is 381 g/mol. The number of carbonyl (C=O) groups excluding carboxylic acids is 1. The highest BCUT2D eigenvalue weighted by Gasteiger charge is 2.34. The van der Waals surface area contributed by atoms with Gasteiger partial charge in [-0.3, -0.25) is 4.79 Å². The summed E-state index contributed by atoms with van der Waals surface area (Å²) >= 11 is 1.08. The molecule has 0 aliphatic carbocycles. The molecule has 9 heteroatoms. The van der Waals surface area contributed by atoms with Gasteiger partial charge in [-0.05, 0) is 31.5 Å². The van der Waals surface area contributed by atoms with Crippen molar-refractivity contribution in [2.75, 3.05) is 11.9 Å². The van der Waals surface area contributed by atoms with Gasteiger partial charge in [-0.1, -0.05) is 12.1 Å². The highest BCUT2D eigenvalue weighted by Crippen LogP contribution is 2.37. The van der Waals surface area contributed by atoms with E-state index in [1.54, 1.807) is 13.8 Å². The molecule has 1 amide bonds. The van der Waals surface area contributed by atoms with Crippen molar-refractivity contribution in [2.24, 2.45) is 0 Å². The maximum absolute atomic E-state index is 13.1. The van der Waals surface area contributed by atoms with Gasteiger partial charge in [-0.2, -0.15) is 13.2 Å². The number of rotatable bonds is 4. The molecule has 0 saturated heterocycles. The van der Waals surface area contributed by atoms with Crippen LogP contribution in [0.1, 0.15) is 27.7 Å². The zero-order chi connectivity index (χ0) is 18.9. The number of anilines is 1. The number of aromatic nitrogens is 2. The number of thiophene rings is 1. The first-order valence-electron chi connectivity index (χ1n) is 7.67. The number of ether oxygens (including phenoxy) is 1. The van der Waals surface area contributed by atoms with Gasteiger partial charge in [0.15, 0.2) is 0 Å². The molecule has 2 heterocycles. The van der Waals surface area contributed by atoms with Crippen LogP contribution in [0.25, 0.3) is 10.2 Å². The van der Waals surface area contributed by atoms with Crippen molar-refractivity contribution in [3.63, 3.8) is 0 Å². The number of carbonyl (C=O) groups is 1. The third-order valence-electron chi connectivity index (χ3n) is 3.66. The molecule has 0 saturated carbocycles. The van der Waals surface area contributed by atoms with Crippen molar-refractivity contribution in [1.82, 2.24) is 9.97 Å². The van der Waals surface area contributed by atoms with Crippen LogP contribution >= 0.6 is 11.3 Å². The van der Waals surface area contributed by atoms with Gasteiger partial charge in [-0.25, -0.2) is 9.97 Å². The van der Waals surface area contributed by atoms with Crippen LogP contribution in [0, 0.1) is 6.92 Å². The van der Waals surface area contributed by atoms with Crippen molar-refractivity contribution in [3.8, 4) is 5.88 Å². The summed E-state index contributed by atoms with van der Waals surface area (Å²) in [6, 6.07) is 4.84. The summed E-state index contributed by atoms with van der Waals surface area (Å²) < 4.78 is 44.8. The molecule has 0 bridgehead atoms. The summed E-state index contributed by atoms with van der Waals surface area (Å²) in [6.45, 7) is 3.88. The van der Waals surface area contributed by atoms with Gasteiger partial charge in [0.05, 0.1) is 28.1 Å². The number of nitrogens with zero attached hydrogens (tertiary/aromatic N) is 2. The molecular formula is C17H14F3N3O2S. The van der Waals surface area contributed by atoms with Crippen molar-refractivity contribution < 1.29 is 22.7 Å². The lowest BCUT2D eigenvalue weighted by Crippen LogP contribution is -2.16. The summed E-state index contributed by atoms with van der Waals surface area (Å²) in [5.41, 5.74) is -0.629. The standard InChI is InChI=1S/C17H14F3N3O2S/c1-3-25-15-12-9(2)13(26-16(12)22-8-21-15)14(24)23-11-7-5-4-6-10(11)17(18,19)20/h4-8H,3H2,1-2H3,(H,23,24). The first-order valence-corrected chi connectivity index (χ1v) is 8.49. The van der Waals surface area contributed by atoms with E-state index in [1.807, 2.05) is 0 Å². The number of halogens is 3. The average molecular weight is 381 g/mol. The van der Waals surface area contributed by atoms with Gasteiger partial charge in [0.25, 0.3) is 5.91 Å². The number of fused-ring (bicyclic) bond motifs is 1. The van der Waals surface area contributed by atoms with Gasteiger partial charge in [0, 0.05) is 0 Å². The van der Waals surface area contributed by atoms with Crippen molar-refractivity contribution in [1.29, 1.82) is 0 Å². The lowest BCUT2D eigenvalue weighted by atomic mass is 10.1. The van der Waals surface area contributed by atoms with Gasteiger partial charge >= 0.3 is 6.18 Å². The highest BCUT2D eigenvalue weighted by atomic mass is 32.1. The fraction of sp³-hybridized carbons (Fsp3) is 0.235. The molecule has 0 spiro atoms. The maximum Gasteiger partial charge on any atom is 0.418 e. The van der Waals surface area contributed by atoms with Crippen molar-refractivity contribution in [3.05, 3.63) is 46.6 Å². The van der Waals surface area contributed by atoms with Crippen LogP contribution in [0.5, 0.6) is 5.88 Å². The predicted molar refractivity (Wildman–Crippen MR) is 92.7 cm³/mol. The number of amides is 1. The molecule has 3 aromatic rings. The van der Waals surface area contributed by atoms with E-state index >= 15 is 0 Å². The lowest BCUT2D eigenvalue weighted by Gasteiger charge is -2.13. The summed E-state index contributed by atoms with van der Waals surface area (Å²) in [5.74, 6) is -0.286. The summed E-state index contributed by atoms with van der Waals surface area (Å²) in [7, 11) is 0. The second kappa shape index (κ2) is 6.91. The molecule has 5 nitrogen and oxygen atoms in total. The molecule has 0 aliphatic rings. The summed E-state index contributed by atoms with van der Waals surface area (Å²) in [6.07, 6.45) is -3.24. The number of hydrogen-bond donors (Lipinski definition) is 1. The second-order valence-corrected chi connectivity index (χ2v) is 6.34. The Morgan fingerprint density at radius 1 is 1.27 bits per heavy atom. The molecule has 0 atom stereocenters. The Kier molecular flexibility index (Phi) is 4.82. The number of aryl methyl sites for hydroxylation is 1. The molecule has 0 unspecified atom stereocenters.